The fraction of sp³-hybridized carbons (Fsp3) is 0.533. The van der Waals surface area contributed by atoms with E-state index in [0.29, 0.717) is 13.1 Å². The predicted molar refractivity (Wildman–Crippen MR) is 92.4 cm³/mol. The van der Waals surface area contributed by atoms with Gasteiger partial charge >= 0.3 is 5.97 Å². The van der Waals surface area contributed by atoms with Crippen LogP contribution in [-0.4, -0.2) is 59.1 Å². The van der Waals surface area contributed by atoms with Crippen LogP contribution in [0.5, 0.6) is 5.75 Å². The van der Waals surface area contributed by atoms with Crippen molar-refractivity contribution in [2.75, 3.05) is 34.4 Å². The standard InChI is InChI=1S/C15H22N2O5S.ClH/c1-16-10-11-5-4-8-17(11)23(19,20)12-6-7-13(15(18)22-3)14(9-12)21-2;/h6-7,9,11,16H,4-5,8,10H2,1-3H3;1H. The van der Waals surface area contributed by atoms with Gasteiger partial charge in [0.05, 0.1) is 19.1 Å². The first-order chi connectivity index (χ1) is 11.0. The minimum atomic E-state index is -3.63. The Labute approximate surface area is 148 Å². The van der Waals surface area contributed by atoms with Gasteiger partial charge in [-0.05, 0) is 32.0 Å². The molecule has 0 spiro atoms. The fourth-order valence-corrected chi connectivity index (χ4v) is 4.52. The average Bonchev–Trinajstić information content (AvgIpc) is 3.03. The summed E-state index contributed by atoms with van der Waals surface area (Å²) in [5.41, 5.74) is 0.196. The highest BCUT2D eigenvalue weighted by Crippen LogP contribution is 2.29. The quantitative estimate of drug-likeness (QED) is 0.750. The van der Waals surface area contributed by atoms with E-state index >= 15 is 0 Å². The Balaban J connectivity index is 0.00000288. The lowest BCUT2D eigenvalue weighted by atomic mass is 10.2. The van der Waals surface area contributed by atoms with Crippen molar-refractivity contribution in [1.82, 2.24) is 9.62 Å². The summed E-state index contributed by atoms with van der Waals surface area (Å²) in [5.74, 6) is -0.387. The number of benzene rings is 1. The first-order valence-corrected chi connectivity index (χ1v) is 8.82. The third-order valence-electron chi connectivity index (χ3n) is 3.95. The van der Waals surface area contributed by atoms with E-state index in [-0.39, 0.29) is 34.7 Å². The number of ether oxygens (including phenoxy) is 2. The Morgan fingerprint density at radius 2 is 2.08 bits per heavy atom. The van der Waals surface area contributed by atoms with Crippen molar-refractivity contribution in [2.45, 2.75) is 23.8 Å². The maximum Gasteiger partial charge on any atom is 0.341 e. The highest BCUT2D eigenvalue weighted by Gasteiger charge is 2.35. The van der Waals surface area contributed by atoms with Gasteiger partial charge in [-0.25, -0.2) is 13.2 Å². The van der Waals surface area contributed by atoms with Crippen LogP contribution in [0.1, 0.15) is 23.2 Å². The Morgan fingerprint density at radius 1 is 1.38 bits per heavy atom. The largest absolute Gasteiger partial charge is 0.496 e. The lowest BCUT2D eigenvalue weighted by molar-refractivity contribution is 0.0597. The maximum absolute atomic E-state index is 12.9. The van der Waals surface area contributed by atoms with Crippen LogP contribution in [0.2, 0.25) is 0 Å². The van der Waals surface area contributed by atoms with E-state index < -0.39 is 16.0 Å². The van der Waals surface area contributed by atoms with Gasteiger partial charge in [0.25, 0.3) is 0 Å². The summed E-state index contributed by atoms with van der Waals surface area (Å²) in [7, 11) is 0.822. The molecule has 1 fully saturated rings. The molecule has 136 valence electrons. The lowest BCUT2D eigenvalue weighted by Crippen LogP contribution is -2.40. The molecule has 0 aliphatic carbocycles. The number of hydrogen-bond donors (Lipinski definition) is 1. The molecule has 1 saturated heterocycles. The number of carbonyl (C=O) groups excluding carboxylic acids is 1. The van der Waals surface area contributed by atoms with Gasteiger partial charge in [0.1, 0.15) is 11.3 Å². The normalized spacial score (nSPS) is 18.0. The van der Waals surface area contributed by atoms with E-state index in [2.05, 4.69) is 10.1 Å². The van der Waals surface area contributed by atoms with Gasteiger partial charge in [-0.2, -0.15) is 4.31 Å². The van der Waals surface area contributed by atoms with Crippen molar-refractivity contribution in [3.05, 3.63) is 23.8 Å². The number of esters is 1. The number of likely N-dealkylation sites (N-methyl/N-ethyl adjacent to an activating group) is 1. The summed E-state index contributed by atoms with van der Waals surface area (Å²) >= 11 is 0. The molecule has 1 atom stereocenters. The van der Waals surface area contributed by atoms with Gasteiger partial charge in [-0.15, -0.1) is 12.4 Å². The van der Waals surface area contributed by atoms with Crippen molar-refractivity contribution in [3.8, 4) is 5.75 Å². The van der Waals surface area contributed by atoms with Crippen LogP contribution < -0.4 is 10.1 Å². The molecule has 0 bridgehead atoms. The van der Waals surface area contributed by atoms with Gasteiger partial charge in [0.15, 0.2) is 0 Å². The third-order valence-corrected chi connectivity index (χ3v) is 5.90. The van der Waals surface area contributed by atoms with Crippen LogP contribution in [0.15, 0.2) is 23.1 Å². The number of nitrogens with zero attached hydrogens (tertiary/aromatic N) is 1. The zero-order valence-corrected chi connectivity index (χ0v) is 15.6. The summed E-state index contributed by atoms with van der Waals surface area (Å²) in [6.07, 6.45) is 1.67. The first-order valence-electron chi connectivity index (χ1n) is 7.38. The second-order valence-corrected chi connectivity index (χ2v) is 7.21. The second-order valence-electron chi connectivity index (χ2n) is 5.32. The van der Waals surface area contributed by atoms with Gasteiger partial charge in [-0.1, -0.05) is 0 Å². The molecule has 1 unspecified atom stereocenters. The zero-order valence-electron chi connectivity index (χ0n) is 13.9. The fourth-order valence-electron chi connectivity index (χ4n) is 2.81. The van der Waals surface area contributed by atoms with Crippen molar-refractivity contribution >= 4 is 28.4 Å². The monoisotopic (exact) mass is 378 g/mol. The lowest BCUT2D eigenvalue weighted by Gasteiger charge is -2.24. The molecule has 7 nitrogen and oxygen atoms in total. The van der Waals surface area contributed by atoms with E-state index in [0.717, 1.165) is 12.8 Å². The van der Waals surface area contributed by atoms with Crippen LogP contribution in [-0.2, 0) is 14.8 Å². The van der Waals surface area contributed by atoms with Gasteiger partial charge in [0.2, 0.25) is 10.0 Å². The van der Waals surface area contributed by atoms with Crippen LogP contribution in [0.25, 0.3) is 0 Å². The summed E-state index contributed by atoms with van der Waals surface area (Å²) in [4.78, 5) is 11.8. The number of methoxy groups -OCH3 is 2. The second kappa shape index (κ2) is 8.66. The SMILES string of the molecule is CNCC1CCCN1S(=O)(=O)c1ccc(C(=O)OC)c(OC)c1.Cl. The van der Waals surface area contributed by atoms with Gasteiger partial charge < -0.3 is 14.8 Å². The molecule has 24 heavy (non-hydrogen) atoms. The molecule has 0 amide bonds. The summed E-state index contributed by atoms with van der Waals surface area (Å²) in [6, 6.07) is 4.15. The molecule has 1 aliphatic rings. The van der Waals surface area contributed by atoms with Crippen molar-refractivity contribution in [1.29, 1.82) is 0 Å². The maximum atomic E-state index is 12.9. The highest BCUT2D eigenvalue weighted by molar-refractivity contribution is 7.89. The first kappa shape index (κ1) is 20.7. The van der Waals surface area contributed by atoms with E-state index in [1.165, 1.54) is 36.7 Å². The van der Waals surface area contributed by atoms with Crippen LogP contribution >= 0.6 is 12.4 Å². The van der Waals surface area contributed by atoms with Crippen molar-refractivity contribution in [3.63, 3.8) is 0 Å². The molecule has 0 saturated carbocycles. The Kier molecular flexibility index (Phi) is 7.47. The molecule has 1 aliphatic heterocycles. The van der Waals surface area contributed by atoms with E-state index in [4.69, 9.17) is 4.74 Å². The number of sulfonamides is 1. The third kappa shape index (κ3) is 4.00. The average molecular weight is 379 g/mol. The molecule has 0 radical (unpaired) electrons. The molecule has 1 heterocycles. The predicted octanol–water partition coefficient (Wildman–Crippen LogP) is 1.28. The molecule has 2 rings (SSSR count). The molecule has 9 heteroatoms. The number of halogens is 1. The van der Waals surface area contributed by atoms with E-state index in [9.17, 15) is 13.2 Å². The number of hydrogen-bond acceptors (Lipinski definition) is 6. The Hall–Kier alpha value is -1.35. The minimum absolute atomic E-state index is 0. The van der Waals surface area contributed by atoms with Crippen molar-refractivity contribution in [2.24, 2.45) is 0 Å². The minimum Gasteiger partial charge on any atom is -0.496 e. The topological polar surface area (TPSA) is 84.9 Å². The molecule has 1 N–H and O–H groups in total. The van der Waals surface area contributed by atoms with Crippen LogP contribution in [0, 0.1) is 0 Å². The molecule has 1 aromatic carbocycles. The summed E-state index contributed by atoms with van der Waals surface area (Å²) < 4.78 is 37.1. The summed E-state index contributed by atoms with van der Waals surface area (Å²) in [6.45, 7) is 1.10. The molecular weight excluding hydrogens is 356 g/mol. The van der Waals surface area contributed by atoms with E-state index in [1.54, 1.807) is 7.05 Å². The number of rotatable bonds is 6. The molecule has 0 aromatic heterocycles. The molecule has 1 aromatic rings. The smallest absolute Gasteiger partial charge is 0.341 e. The zero-order chi connectivity index (χ0) is 17.0. The summed E-state index contributed by atoms with van der Waals surface area (Å²) in [5, 5.41) is 3.03. The van der Waals surface area contributed by atoms with Crippen LogP contribution in [0.3, 0.4) is 0 Å². The number of carbonyl (C=O) groups is 1. The Bertz CT molecular complexity index is 680. The van der Waals surface area contributed by atoms with Crippen LogP contribution in [0.4, 0.5) is 0 Å². The molecular formula is C15H23ClN2O5S. The van der Waals surface area contributed by atoms with Crippen molar-refractivity contribution < 1.29 is 22.7 Å². The Morgan fingerprint density at radius 3 is 2.67 bits per heavy atom. The number of nitrogens with one attached hydrogen (secondary N) is 1. The van der Waals surface area contributed by atoms with E-state index in [1.807, 2.05) is 0 Å². The van der Waals surface area contributed by atoms with Gasteiger partial charge in [-0.3, -0.25) is 0 Å². The van der Waals surface area contributed by atoms with Gasteiger partial charge in [0, 0.05) is 25.2 Å². The highest BCUT2D eigenvalue weighted by atomic mass is 35.5.